The molecule has 1 amide bonds. The van der Waals surface area contributed by atoms with Gasteiger partial charge in [0.1, 0.15) is 5.69 Å². The second-order valence-corrected chi connectivity index (χ2v) is 7.03. The Morgan fingerprint density at radius 3 is 2.50 bits per heavy atom. The van der Waals surface area contributed by atoms with Gasteiger partial charge in [-0.1, -0.05) is 45.0 Å². The van der Waals surface area contributed by atoms with Gasteiger partial charge in [-0.15, -0.1) is 0 Å². The number of Topliss-reactive ketones (excluding diaryl/α,β-unsaturated/α-hetero) is 1. The maximum atomic E-state index is 12.4. The van der Waals surface area contributed by atoms with Gasteiger partial charge in [-0.25, -0.2) is 0 Å². The molecule has 0 spiro atoms. The van der Waals surface area contributed by atoms with Gasteiger partial charge in [0.25, 0.3) is 0 Å². The van der Waals surface area contributed by atoms with Crippen molar-refractivity contribution in [2.45, 2.75) is 47.6 Å². The molecular formula is C25H31N5O2. The maximum absolute atomic E-state index is 12.4. The van der Waals surface area contributed by atoms with Crippen molar-refractivity contribution >= 4 is 17.4 Å². The molecule has 0 saturated heterocycles. The molecule has 1 aromatic carbocycles. The van der Waals surface area contributed by atoms with Crippen molar-refractivity contribution in [3.05, 3.63) is 71.6 Å². The van der Waals surface area contributed by atoms with E-state index in [1.807, 2.05) is 32.9 Å². The molecule has 0 atom stereocenters. The first-order valence-electron chi connectivity index (χ1n) is 10.8. The number of hydrogen-bond donors (Lipinski definition) is 2. The van der Waals surface area contributed by atoms with Crippen LogP contribution in [0.1, 0.15) is 55.1 Å². The molecule has 3 aromatic rings. The Kier molecular flexibility index (Phi) is 9.63. The summed E-state index contributed by atoms with van der Waals surface area (Å²) in [5.41, 5.74) is 5.26. The predicted octanol–water partition coefficient (Wildman–Crippen LogP) is 4.37. The molecule has 0 radical (unpaired) electrons. The van der Waals surface area contributed by atoms with Gasteiger partial charge in [0, 0.05) is 37.6 Å². The van der Waals surface area contributed by atoms with E-state index >= 15 is 0 Å². The highest BCUT2D eigenvalue weighted by Crippen LogP contribution is 2.25. The van der Waals surface area contributed by atoms with Gasteiger partial charge in [-0.05, 0) is 30.5 Å². The smallest absolute Gasteiger partial charge is 0.238 e. The molecular weight excluding hydrogens is 402 g/mol. The third kappa shape index (κ3) is 7.06. The summed E-state index contributed by atoms with van der Waals surface area (Å²) < 4.78 is 0. The van der Waals surface area contributed by atoms with Crippen LogP contribution in [0.25, 0.3) is 11.1 Å². The van der Waals surface area contributed by atoms with Crippen molar-refractivity contribution in [1.29, 1.82) is 0 Å². The SMILES string of the molecule is CC.CCc1cccc(-c2cnc(C(C)=O)c(NC(=O)CNCc3cncc(C)n3)c2)c1. The molecule has 7 nitrogen and oxygen atoms in total. The number of aryl methyl sites for hydroxylation is 2. The summed E-state index contributed by atoms with van der Waals surface area (Å²) >= 11 is 0. The van der Waals surface area contributed by atoms with Crippen LogP contribution >= 0.6 is 0 Å². The largest absolute Gasteiger partial charge is 0.323 e. The molecule has 3 rings (SSSR count). The number of pyridine rings is 1. The van der Waals surface area contributed by atoms with Crippen molar-refractivity contribution in [3.8, 4) is 11.1 Å². The van der Waals surface area contributed by atoms with Crippen LogP contribution < -0.4 is 10.6 Å². The molecule has 0 bridgehead atoms. The number of amides is 1. The number of carbonyl (C=O) groups is 2. The topological polar surface area (TPSA) is 96.9 Å². The van der Waals surface area contributed by atoms with E-state index in [2.05, 4.69) is 44.6 Å². The van der Waals surface area contributed by atoms with Gasteiger partial charge >= 0.3 is 0 Å². The zero-order chi connectivity index (χ0) is 23.5. The lowest BCUT2D eigenvalue weighted by atomic mass is 10.0. The molecule has 0 fully saturated rings. The van der Waals surface area contributed by atoms with Crippen LogP contribution in [-0.4, -0.2) is 33.2 Å². The third-order valence-corrected chi connectivity index (χ3v) is 4.56. The average Bonchev–Trinajstić information content (AvgIpc) is 2.80. The van der Waals surface area contributed by atoms with Crippen LogP contribution in [0.4, 0.5) is 5.69 Å². The van der Waals surface area contributed by atoms with E-state index in [9.17, 15) is 9.59 Å². The molecule has 168 valence electrons. The Labute approximate surface area is 189 Å². The minimum absolute atomic E-state index is 0.0719. The quantitative estimate of drug-likeness (QED) is 0.512. The van der Waals surface area contributed by atoms with Crippen molar-refractivity contribution in [2.75, 3.05) is 11.9 Å². The van der Waals surface area contributed by atoms with Crippen LogP contribution in [0.3, 0.4) is 0 Å². The summed E-state index contributed by atoms with van der Waals surface area (Å²) in [6.45, 7) is 9.89. The number of benzene rings is 1. The Morgan fingerprint density at radius 1 is 1.03 bits per heavy atom. The lowest BCUT2D eigenvalue weighted by molar-refractivity contribution is -0.115. The van der Waals surface area contributed by atoms with E-state index in [1.165, 1.54) is 12.5 Å². The van der Waals surface area contributed by atoms with Crippen molar-refractivity contribution in [1.82, 2.24) is 20.3 Å². The molecule has 2 N–H and O–H groups in total. The maximum Gasteiger partial charge on any atom is 0.238 e. The third-order valence-electron chi connectivity index (χ3n) is 4.56. The summed E-state index contributed by atoms with van der Waals surface area (Å²) in [6, 6.07) is 9.92. The number of aromatic nitrogens is 3. The van der Waals surface area contributed by atoms with E-state index < -0.39 is 0 Å². The molecule has 0 aliphatic carbocycles. The summed E-state index contributed by atoms with van der Waals surface area (Å²) in [7, 11) is 0. The first-order chi connectivity index (χ1) is 15.5. The van der Waals surface area contributed by atoms with E-state index in [4.69, 9.17) is 0 Å². The lowest BCUT2D eigenvalue weighted by Crippen LogP contribution is -2.28. The van der Waals surface area contributed by atoms with Gasteiger partial charge in [-0.3, -0.25) is 24.5 Å². The molecule has 0 aliphatic heterocycles. The van der Waals surface area contributed by atoms with E-state index in [-0.39, 0.29) is 23.9 Å². The molecule has 2 aromatic heterocycles. The molecule has 32 heavy (non-hydrogen) atoms. The Balaban J connectivity index is 0.00000176. The zero-order valence-corrected chi connectivity index (χ0v) is 19.4. The van der Waals surface area contributed by atoms with Crippen LogP contribution in [0.15, 0.2) is 48.9 Å². The molecule has 0 saturated carbocycles. The van der Waals surface area contributed by atoms with E-state index in [0.29, 0.717) is 12.2 Å². The van der Waals surface area contributed by atoms with Crippen molar-refractivity contribution in [3.63, 3.8) is 0 Å². The number of rotatable bonds is 8. The first-order valence-corrected chi connectivity index (χ1v) is 10.8. The average molecular weight is 434 g/mol. The highest BCUT2D eigenvalue weighted by Gasteiger charge is 2.14. The van der Waals surface area contributed by atoms with E-state index in [1.54, 1.807) is 24.7 Å². The fraction of sp³-hybridized carbons (Fsp3) is 0.320. The summed E-state index contributed by atoms with van der Waals surface area (Å²) in [6.07, 6.45) is 5.92. The fourth-order valence-electron chi connectivity index (χ4n) is 3.07. The highest BCUT2D eigenvalue weighted by atomic mass is 16.2. The number of nitrogens with one attached hydrogen (secondary N) is 2. The molecule has 7 heteroatoms. The van der Waals surface area contributed by atoms with Crippen LogP contribution in [0.2, 0.25) is 0 Å². The monoisotopic (exact) mass is 433 g/mol. The van der Waals surface area contributed by atoms with Gasteiger partial charge in [0.05, 0.1) is 23.6 Å². The normalized spacial score (nSPS) is 10.2. The number of ketones is 1. The summed E-state index contributed by atoms with van der Waals surface area (Å²) in [5.74, 6) is -0.471. The minimum Gasteiger partial charge on any atom is -0.323 e. The number of anilines is 1. The van der Waals surface area contributed by atoms with Crippen LogP contribution in [0.5, 0.6) is 0 Å². The predicted molar refractivity (Wildman–Crippen MR) is 128 cm³/mol. The number of hydrogen-bond acceptors (Lipinski definition) is 6. The molecule has 0 unspecified atom stereocenters. The Hall–Kier alpha value is -3.45. The minimum atomic E-state index is -0.264. The van der Waals surface area contributed by atoms with Gasteiger partial charge in [0.2, 0.25) is 5.91 Å². The van der Waals surface area contributed by atoms with Gasteiger partial charge < -0.3 is 10.6 Å². The van der Waals surface area contributed by atoms with E-state index in [0.717, 1.165) is 28.9 Å². The summed E-state index contributed by atoms with van der Waals surface area (Å²) in [5, 5.41) is 5.85. The zero-order valence-electron chi connectivity index (χ0n) is 19.4. The van der Waals surface area contributed by atoms with Crippen LogP contribution in [0, 0.1) is 6.92 Å². The highest BCUT2D eigenvalue weighted by molar-refractivity contribution is 6.03. The Morgan fingerprint density at radius 2 is 1.81 bits per heavy atom. The van der Waals surface area contributed by atoms with Crippen LogP contribution in [-0.2, 0) is 17.8 Å². The molecule has 0 aliphatic rings. The molecule has 2 heterocycles. The first kappa shape index (κ1) is 24.8. The number of carbonyl (C=O) groups excluding carboxylic acids is 2. The van der Waals surface area contributed by atoms with Crippen molar-refractivity contribution in [2.24, 2.45) is 0 Å². The van der Waals surface area contributed by atoms with Gasteiger partial charge in [0.15, 0.2) is 5.78 Å². The number of nitrogens with zero attached hydrogens (tertiary/aromatic N) is 3. The Bertz CT molecular complexity index is 1070. The summed E-state index contributed by atoms with van der Waals surface area (Å²) in [4.78, 5) is 37.1. The standard InChI is InChI=1S/C23H25N5O2.C2H6/c1-4-17-6-5-7-18(8-17)19-9-21(23(16(3)29)26-11-19)28-22(30)14-25-13-20-12-24-10-15(2)27-20;1-2/h5-12,25H,4,13-14H2,1-3H3,(H,28,30);1-2H3. The second kappa shape index (κ2) is 12.4. The second-order valence-electron chi connectivity index (χ2n) is 7.03. The lowest BCUT2D eigenvalue weighted by Gasteiger charge is -2.12. The van der Waals surface area contributed by atoms with Crippen molar-refractivity contribution < 1.29 is 9.59 Å². The van der Waals surface area contributed by atoms with Gasteiger partial charge in [-0.2, -0.15) is 0 Å². The fourth-order valence-corrected chi connectivity index (χ4v) is 3.07.